The number of nitrogens with zero attached hydrogens (tertiary/aromatic N) is 4. The molecule has 0 bridgehead atoms. The molecule has 0 radical (unpaired) electrons. The minimum atomic E-state index is -3.62. The Bertz CT molecular complexity index is 1000. The fourth-order valence-electron chi connectivity index (χ4n) is 3.21. The molecule has 0 saturated heterocycles. The topological polar surface area (TPSA) is 104 Å². The highest BCUT2D eigenvalue weighted by molar-refractivity contribution is 7.99. The van der Waals surface area contributed by atoms with E-state index in [1.54, 1.807) is 45.2 Å². The molecule has 0 aliphatic heterocycles. The molecular weight excluding hydrogens is 452 g/mol. The van der Waals surface area contributed by atoms with Crippen LogP contribution in [0.5, 0.6) is 0 Å². The average molecular weight is 485 g/mol. The highest BCUT2D eigenvalue weighted by atomic mass is 32.2. The zero-order valence-corrected chi connectivity index (χ0v) is 21.1. The van der Waals surface area contributed by atoms with Crippen LogP contribution in [-0.2, 0) is 24.3 Å². The van der Waals surface area contributed by atoms with E-state index in [1.807, 2.05) is 25.3 Å². The minimum Gasteiger partial charge on any atom is -0.462 e. The lowest BCUT2D eigenvalue weighted by molar-refractivity contribution is -0.144. The first-order valence-corrected chi connectivity index (χ1v) is 12.9. The predicted molar refractivity (Wildman–Crippen MR) is 124 cm³/mol. The summed E-state index contributed by atoms with van der Waals surface area (Å²) in [6.07, 6.45) is -0.195. The molecule has 32 heavy (non-hydrogen) atoms. The van der Waals surface area contributed by atoms with Gasteiger partial charge in [0.2, 0.25) is 10.0 Å². The van der Waals surface area contributed by atoms with Crippen LogP contribution in [0.3, 0.4) is 0 Å². The highest BCUT2D eigenvalue weighted by Gasteiger charge is 2.24. The van der Waals surface area contributed by atoms with Crippen molar-refractivity contribution < 1.29 is 22.7 Å². The van der Waals surface area contributed by atoms with Crippen LogP contribution in [-0.4, -0.2) is 72.1 Å². The summed E-state index contributed by atoms with van der Waals surface area (Å²) in [6.45, 7) is 10.3. The third kappa shape index (κ3) is 6.31. The van der Waals surface area contributed by atoms with Crippen LogP contribution >= 0.6 is 11.8 Å². The molecule has 0 N–H and O–H groups in total. The number of ether oxygens (including phenoxy) is 2. The number of benzene rings is 1. The number of sulfonamides is 1. The van der Waals surface area contributed by atoms with E-state index in [9.17, 15) is 13.2 Å². The standard InChI is InChI=1S/C21H32N4O5S2/c1-7-24(8-2)32(27,28)18-11-9-10-17(12-18)20-22-23-21(25(20)16(5)13-29-6)31-14-19(26)30-15(3)4/h9-12,15-16H,7-8,13-14H2,1-6H3. The van der Waals surface area contributed by atoms with Gasteiger partial charge in [-0.05, 0) is 32.9 Å². The second-order valence-corrected chi connectivity index (χ2v) is 10.3. The quantitative estimate of drug-likeness (QED) is 0.334. The Morgan fingerprint density at radius 3 is 2.47 bits per heavy atom. The molecule has 0 saturated carbocycles. The lowest BCUT2D eigenvalue weighted by Crippen LogP contribution is -2.30. The van der Waals surface area contributed by atoms with Crippen LogP contribution < -0.4 is 0 Å². The van der Waals surface area contributed by atoms with Crippen molar-refractivity contribution in [2.75, 3.05) is 32.6 Å². The maximum Gasteiger partial charge on any atom is 0.316 e. The molecule has 1 aromatic heterocycles. The number of esters is 1. The number of hydrogen-bond acceptors (Lipinski definition) is 8. The van der Waals surface area contributed by atoms with Gasteiger partial charge in [-0.3, -0.25) is 9.36 Å². The maximum absolute atomic E-state index is 13.0. The molecule has 0 aliphatic carbocycles. The van der Waals surface area contributed by atoms with Crippen LogP contribution in [0.4, 0.5) is 0 Å². The van der Waals surface area contributed by atoms with Crippen LogP contribution in [0.15, 0.2) is 34.3 Å². The van der Waals surface area contributed by atoms with E-state index < -0.39 is 10.0 Å². The van der Waals surface area contributed by atoms with Crippen LogP contribution in [0.1, 0.15) is 40.7 Å². The van der Waals surface area contributed by atoms with E-state index in [4.69, 9.17) is 9.47 Å². The number of methoxy groups -OCH3 is 1. The highest BCUT2D eigenvalue weighted by Crippen LogP contribution is 2.30. The summed E-state index contributed by atoms with van der Waals surface area (Å²) in [6, 6.07) is 6.53. The monoisotopic (exact) mass is 484 g/mol. The lowest BCUT2D eigenvalue weighted by Gasteiger charge is -2.20. The smallest absolute Gasteiger partial charge is 0.316 e. The molecular formula is C21H32N4O5S2. The first-order valence-electron chi connectivity index (χ1n) is 10.5. The van der Waals surface area contributed by atoms with Gasteiger partial charge in [-0.2, -0.15) is 4.31 Å². The minimum absolute atomic E-state index is 0.0897. The van der Waals surface area contributed by atoms with Crippen LogP contribution in [0, 0.1) is 0 Å². The molecule has 11 heteroatoms. The summed E-state index contributed by atoms with van der Waals surface area (Å²) in [7, 11) is -2.01. The fraction of sp³-hybridized carbons (Fsp3) is 0.571. The first kappa shape index (κ1) is 26.3. The van der Waals surface area contributed by atoms with Gasteiger partial charge in [-0.25, -0.2) is 8.42 Å². The third-order valence-corrected chi connectivity index (χ3v) is 7.60. The largest absolute Gasteiger partial charge is 0.462 e. The Morgan fingerprint density at radius 2 is 1.88 bits per heavy atom. The molecule has 9 nitrogen and oxygen atoms in total. The van der Waals surface area contributed by atoms with Gasteiger partial charge in [0.15, 0.2) is 11.0 Å². The number of carbonyl (C=O) groups excluding carboxylic acids is 1. The average Bonchev–Trinajstić information content (AvgIpc) is 3.17. The van der Waals surface area contributed by atoms with E-state index in [0.717, 1.165) is 0 Å². The summed E-state index contributed by atoms with van der Waals surface area (Å²) in [5.74, 6) is 0.255. The molecule has 0 amide bonds. The molecule has 0 fully saturated rings. The fourth-order valence-corrected chi connectivity index (χ4v) is 5.54. The Labute approximate surface area is 194 Å². The van der Waals surface area contributed by atoms with E-state index in [2.05, 4.69) is 10.2 Å². The molecule has 178 valence electrons. The van der Waals surface area contributed by atoms with Crippen molar-refractivity contribution in [3.63, 3.8) is 0 Å². The molecule has 1 heterocycles. The summed E-state index contributed by atoms with van der Waals surface area (Å²) in [5.41, 5.74) is 0.616. The third-order valence-electron chi connectivity index (χ3n) is 4.63. The molecule has 0 aliphatic rings. The van der Waals surface area contributed by atoms with Crippen molar-refractivity contribution >= 4 is 27.8 Å². The van der Waals surface area contributed by atoms with Gasteiger partial charge in [-0.15, -0.1) is 10.2 Å². The zero-order chi connectivity index (χ0) is 23.9. The number of hydrogen-bond donors (Lipinski definition) is 0. The van der Waals surface area contributed by atoms with E-state index in [0.29, 0.717) is 36.2 Å². The van der Waals surface area contributed by atoms with Gasteiger partial charge in [-0.1, -0.05) is 37.7 Å². The van der Waals surface area contributed by atoms with Crippen molar-refractivity contribution in [1.29, 1.82) is 0 Å². The van der Waals surface area contributed by atoms with Gasteiger partial charge in [0.05, 0.1) is 29.4 Å². The van der Waals surface area contributed by atoms with E-state index in [1.165, 1.54) is 16.1 Å². The van der Waals surface area contributed by atoms with Crippen molar-refractivity contribution in [2.24, 2.45) is 0 Å². The molecule has 1 aromatic carbocycles. The van der Waals surface area contributed by atoms with Gasteiger partial charge in [0.1, 0.15) is 0 Å². The predicted octanol–water partition coefficient (Wildman–Crippen LogP) is 3.23. The van der Waals surface area contributed by atoms with Crippen molar-refractivity contribution in [3.8, 4) is 11.4 Å². The number of thioether (sulfide) groups is 1. The van der Waals surface area contributed by atoms with Gasteiger partial charge < -0.3 is 9.47 Å². The molecule has 1 atom stereocenters. The molecule has 0 spiro atoms. The van der Waals surface area contributed by atoms with Crippen molar-refractivity contribution in [2.45, 2.75) is 56.8 Å². The number of rotatable bonds is 12. The summed E-state index contributed by atoms with van der Waals surface area (Å²) < 4.78 is 39.7. The molecule has 1 unspecified atom stereocenters. The van der Waals surface area contributed by atoms with Crippen LogP contribution in [0.25, 0.3) is 11.4 Å². The Balaban J connectivity index is 2.45. The van der Waals surface area contributed by atoms with Gasteiger partial charge in [0, 0.05) is 25.8 Å². The summed E-state index contributed by atoms with van der Waals surface area (Å²) in [4.78, 5) is 12.2. The number of aromatic nitrogens is 3. The molecule has 2 rings (SSSR count). The van der Waals surface area contributed by atoms with E-state index >= 15 is 0 Å². The van der Waals surface area contributed by atoms with E-state index in [-0.39, 0.29) is 28.8 Å². The maximum atomic E-state index is 13.0. The second-order valence-electron chi connectivity index (χ2n) is 7.42. The SMILES string of the molecule is CCN(CC)S(=O)(=O)c1cccc(-c2nnc(SCC(=O)OC(C)C)n2C(C)COC)c1. The van der Waals surface area contributed by atoms with Crippen molar-refractivity contribution in [3.05, 3.63) is 24.3 Å². The van der Waals surface area contributed by atoms with Gasteiger partial charge in [0.25, 0.3) is 0 Å². The Hall–Kier alpha value is -1.95. The zero-order valence-electron chi connectivity index (χ0n) is 19.4. The first-order chi connectivity index (χ1) is 15.1. The summed E-state index contributed by atoms with van der Waals surface area (Å²) >= 11 is 1.22. The Morgan fingerprint density at radius 1 is 1.19 bits per heavy atom. The second kappa shape index (κ2) is 11.8. The number of carbonyl (C=O) groups is 1. The molecule has 2 aromatic rings. The lowest BCUT2D eigenvalue weighted by atomic mass is 10.2. The van der Waals surface area contributed by atoms with Gasteiger partial charge >= 0.3 is 5.97 Å². The van der Waals surface area contributed by atoms with Crippen molar-refractivity contribution in [1.82, 2.24) is 19.1 Å². The Kier molecular flexibility index (Phi) is 9.68. The normalized spacial score (nSPS) is 13.0. The van der Waals surface area contributed by atoms with Crippen LogP contribution in [0.2, 0.25) is 0 Å². The summed E-state index contributed by atoms with van der Waals surface area (Å²) in [5, 5.41) is 9.10.